The number of sulfonamides is 1. The van der Waals surface area contributed by atoms with Crippen LogP contribution in [0.25, 0.3) is 0 Å². The van der Waals surface area contributed by atoms with Gasteiger partial charge in [0.15, 0.2) is 12.7 Å². The third-order valence-corrected chi connectivity index (χ3v) is 8.44. The smallest absolute Gasteiger partial charge is 0.265 e. The Morgan fingerprint density at radius 1 is 0.905 bits per heavy atom. The fourth-order valence-corrected chi connectivity index (χ4v) is 5.69. The van der Waals surface area contributed by atoms with E-state index in [1.807, 2.05) is 30.3 Å². The maximum absolute atomic E-state index is 13.3. The normalized spacial score (nSPS) is 14.3. The van der Waals surface area contributed by atoms with Crippen LogP contribution in [0.1, 0.15) is 5.56 Å². The lowest BCUT2D eigenvalue weighted by atomic mass is 10.1. The highest BCUT2D eigenvalue weighted by molar-refractivity contribution is 9.10. The van der Waals surface area contributed by atoms with Gasteiger partial charge in [-0.3, -0.25) is 14.3 Å². The van der Waals surface area contributed by atoms with Gasteiger partial charge in [0.25, 0.3) is 21.8 Å². The first kappa shape index (κ1) is 29.2. The number of fused-ring (bicyclic) bond motifs is 1. The first-order valence-corrected chi connectivity index (χ1v) is 15.4. The van der Waals surface area contributed by atoms with Gasteiger partial charge in [0.1, 0.15) is 11.5 Å². The Balaban J connectivity index is 1.19. The molecule has 9 nitrogen and oxygen atoms in total. The van der Waals surface area contributed by atoms with Gasteiger partial charge in [0.2, 0.25) is 0 Å². The first-order valence-electron chi connectivity index (χ1n) is 13.2. The number of hydrogen-bond donors (Lipinski definition) is 2. The van der Waals surface area contributed by atoms with Crippen LogP contribution in [0.5, 0.6) is 11.5 Å². The zero-order chi connectivity index (χ0) is 29.5. The summed E-state index contributed by atoms with van der Waals surface area (Å²) in [4.78, 5) is 27.7. The number of nitrogens with one attached hydrogen (secondary N) is 2. The Morgan fingerprint density at radius 2 is 1.60 bits per heavy atom. The molecule has 42 heavy (non-hydrogen) atoms. The number of carbonyl (C=O) groups excluding carboxylic acids is 2. The second kappa shape index (κ2) is 13.1. The summed E-state index contributed by atoms with van der Waals surface area (Å²) in [5, 5.41) is 2.89. The van der Waals surface area contributed by atoms with E-state index in [1.54, 1.807) is 48.5 Å². The zero-order valence-corrected chi connectivity index (χ0v) is 24.8. The van der Waals surface area contributed by atoms with Crippen LogP contribution in [0.2, 0.25) is 0 Å². The molecule has 0 spiro atoms. The van der Waals surface area contributed by atoms with E-state index >= 15 is 0 Å². The Hall–Kier alpha value is -4.35. The summed E-state index contributed by atoms with van der Waals surface area (Å²) >= 11 is 3.32. The molecule has 0 aromatic heterocycles. The van der Waals surface area contributed by atoms with Crippen molar-refractivity contribution in [2.24, 2.45) is 0 Å². The standard InChI is InChI=1S/C31H28BrN3O6S/c32-23-10-12-24(13-11-23)34-42(38,39)26-16-14-25(15-17-26)40-21-30(36)35-20-29(41-28-9-5-4-8-27(28)35)31(37)33-19-18-22-6-2-1-3-7-22/h1-17,29,34H,18-21H2,(H,33,37)/t29-/m1/s1. The summed E-state index contributed by atoms with van der Waals surface area (Å²) in [6.45, 7) is 0.140. The van der Waals surface area contributed by atoms with Gasteiger partial charge in [0, 0.05) is 16.7 Å². The Morgan fingerprint density at radius 3 is 2.33 bits per heavy atom. The molecule has 0 saturated heterocycles. The van der Waals surface area contributed by atoms with Crippen LogP contribution in [0.15, 0.2) is 112 Å². The predicted molar refractivity (Wildman–Crippen MR) is 163 cm³/mol. The molecule has 4 aromatic rings. The van der Waals surface area contributed by atoms with Gasteiger partial charge in [-0.1, -0.05) is 58.4 Å². The summed E-state index contributed by atoms with van der Waals surface area (Å²) in [5.41, 5.74) is 2.08. The van der Waals surface area contributed by atoms with Crippen molar-refractivity contribution in [1.82, 2.24) is 5.32 Å². The highest BCUT2D eigenvalue weighted by Crippen LogP contribution is 2.33. The molecular weight excluding hydrogens is 622 g/mol. The summed E-state index contributed by atoms with van der Waals surface area (Å²) in [5.74, 6) is 0.0602. The largest absolute Gasteiger partial charge is 0.484 e. The van der Waals surface area contributed by atoms with Gasteiger partial charge in [-0.15, -0.1) is 0 Å². The van der Waals surface area contributed by atoms with Crippen LogP contribution in [0.4, 0.5) is 11.4 Å². The SMILES string of the molecule is O=C(NCCc1ccccc1)[C@H]1CN(C(=O)COc2ccc(S(=O)(=O)Nc3ccc(Br)cc3)cc2)c2ccccc2O1. The van der Waals surface area contributed by atoms with Crippen LogP contribution in [0.3, 0.4) is 0 Å². The summed E-state index contributed by atoms with van der Waals surface area (Å²) < 4.78 is 40.5. The summed E-state index contributed by atoms with van der Waals surface area (Å²) in [7, 11) is -3.81. The van der Waals surface area contributed by atoms with Crippen molar-refractivity contribution in [3.63, 3.8) is 0 Å². The topological polar surface area (TPSA) is 114 Å². The van der Waals surface area contributed by atoms with Crippen molar-refractivity contribution in [3.8, 4) is 11.5 Å². The first-order chi connectivity index (χ1) is 20.3. The number of benzene rings is 4. The molecule has 11 heteroatoms. The van der Waals surface area contributed by atoms with E-state index in [9.17, 15) is 18.0 Å². The summed E-state index contributed by atoms with van der Waals surface area (Å²) in [6.07, 6.45) is -0.213. The third kappa shape index (κ3) is 7.29. The highest BCUT2D eigenvalue weighted by atomic mass is 79.9. The Labute approximate surface area is 252 Å². The van der Waals surface area contributed by atoms with Gasteiger partial charge in [-0.2, -0.15) is 0 Å². The van der Waals surface area contributed by atoms with Crippen LogP contribution in [-0.2, 0) is 26.0 Å². The minimum absolute atomic E-state index is 0.0231. The van der Waals surface area contributed by atoms with Crippen molar-refractivity contribution >= 4 is 49.1 Å². The summed E-state index contributed by atoms with van der Waals surface area (Å²) in [6, 6.07) is 29.4. The van der Waals surface area contributed by atoms with Crippen LogP contribution < -0.4 is 24.4 Å². The fourth-order valence-electron chi connectivity index (χ4n) is 4.37. The number of nitrogens with zero attached hydrogens (tertiary/aromatic N) is 1. The predicted octanol–water partition coefficient (Wildman–Crippen LogP) is 4.78. The average molecular weight is 651 g/mol. The molecule has 0 unspecified atom stereocenters. The molecule has 1 atom stereocenters. The van der Waals surface area contributed by atoms with E-state index in [0.29, 0.717) is 35.8 Å². The maximum atomic E-state index is 13.3. The van der Waals surface area contributed by atoms with Gasteiger partial charge < -0.3 is 19.7 Å². The lowest BCUT2D eigenvalue weighted by molar-refractivity contribution is -0.128. The number of hydrogen-bond acceptors (Lipinski definition) is 6. The lowest BCUT2D eigenvalue weighted by Crippen LogP contribution is -2.52. The van der Waals surface area contributed by atoms with Crippen LogP contribution in [-0.4, -0.2) is 46.0 Å². The van der Waals surface area contributed by atoms with Gasteiger partial charge >= 0.3 is 0 Å². The molecule has 216 valence electrons. The van der Waals surface area contributed by atoms with Crippen LogP contribution in [0, 0.1) is 0 Å². The Kier molecular flexibility index (Phi) is 9.09. The molecule has 0 fully saturated rings. The molecule has 0 aliphatic carbocycles. The fraction of sp³-hybridized carbons (Fsp3) is 0.161. The van der Waals surface area contributed by atoms with Crippen molar-refractivity contribution in [2.75, 3.05) is 29.3 Å². The van der Waals surface area contributed by atoms with Crippen LogP contribution >= 0.6 is 15.9 Å². The van der Waals surface area contributed by atoms with Gasteiger partial charge in [0.05, 0.1) is 17.1 Å². The number of anilines is 2. The van der Waals surface area contributed by atoms with Crippen molar-refractivity contribution in [3.05, 3.63) is 113 Å². The highest BCUT2D eigenvalue weighted by Gasteiger charge is 2.33. The van der Waals surface area contributed by atoms with E-state index < -0.39 is 16.1 Å². The number of rotatable bonds is 10. The molecule has 1 aliphatic rings. The molecule has 1 aliphatic heterocycles. The molecule has 2 amide bonds. The second-order valence-corrected chi connectivity index (χ2v) is 12.1. The number of amides is 2. The van der Waals surface area contributed by atoms with E-state index in [-0.39, 0.29) is 29.9 Å². The van der Waals surface area contributed by atoms with E-state index in [2.05, 4.69) is 26.0 Å². The third-order valence-electron chi connectivity index (χ3n) is 6.52. The van der Waals surface area contributed by atoms with E-state index in [4.69, 9.17) is 9.47 Å². The molecule has 1 heterocycles. The van der Waals surface area contributed by atoms with Gasteiger partial charge in [-0.05, 0) is 72.6 Å². The minimum atomic E-state index is -3.81. The molecule has 0 bridgehead atoms. The zero-order valence-electron chi connectivity index (χ0n) is 22.4. The number of ether oxygens (including phenoxy) is 2. The molecule has 0 saturated carbocycles. The quantitative estimate of drug-likeness (QED) is 0.256. The van der Waals surface area contributed by atoms with Crippen molar-refractivity contribution in [2.45, 2.75) is 17.4 Å². The van der Waals surface area contributed by atoms with Gasteiger partial charge in [-0.25, -0.2) is 8.42 Å². The second-order valence-electron chi connectivity index (χ2n) is 9.48. The number of carbonyl (C=O) groups is 2. The molecule has 2 N–H and O–H groups in total. The van der Waals surface area contributed by atoms with Crippen molar-refractivity contribution < 1.29 is 27.5 Å². The minimum Gasteiger partial charge on any atom is -0.484 e. The van der Waals surface area contributed by atoms with E-state index in [0.717, 1.165) is 10.0 Å². The lowest BCUT2D eigenvalue weighted by Gasteiger charge is -2.34. The molecular formula is C31H28BrN3O6S. The van der Waals surface area contributed by atoms with E-state index in [1.165, 1.54) is 29.2 Å². The Bertz CT molecular complexity index is 1650. The monoisotopic (exact) mass is 649 g/mol. The molecule has 4 aromatic carbocycles. The average Bonchev–Trinajstić information content (AvgIpc) is 3.01. The number of para-hydroxylation sites is 2. The maximum Gasteiger partial charge on any atom is 0.265 e. The molecule has 5 rings (SSSR count). The number of halogens is 1. The molecule has 0 radical (unpaired) electrons. The van der Waals surface area contributed by atoms with Crippen molar-refractivity contribution in [1.29, 1.82) is 0 Å².